The first-order valence-electron chi connectivity index (χ1n) is 7.20. The molecule has 0 bridgehead atoms. The van der Waals surface area contributed by atoms with Gasteiger partial charge in [-0.15, -0.1) is 11.3 Å². The van der Waals surface area contributed by atoms with Crippen molar-refractivity contribution in [2.45, 2.75) is 12.0 Å². The van der Waals surface area contributed by atoms with E-state index >= 15 is 0 Å². The molecule has 2 aliphatic heterocycles. The van der Waals surface area contributed by atoms with Gasteiger partial charge in [0.1, 0.15) is 11.5 Å². The summed E-state index contributed by atoms with van der Waals surface area (Å²) < 4.78 is 5.75. The van der Waals surface area contributed by atoms with Crippen LogP contribution >= 0.6 is 46.1 Å². The zero-order valence-electron chi connectivity index (χ0n) is 12.2. The lowest BCUT2D eigenvalue weighted by Crippen LogP contribution is -2.46. The van der Waals surface area contributed by atoms with E-state index in [1.165, 1.54) is 11.3 Å². The number of thiophene rings is 1. The van der Waals surface area contributed by atoms with Crippen molar-refractivity contribution < 1.29 is 14.3 Å². The second-order valence-electron chi connectivity index (χ2n) is 5.96. The van der Waals surface area contributed by atoms with E-state index in [0.717, 1.165) is 4.70 Å². The standard InChI is InChI=1S/C15H11Cl3N2O3S/c16-7-3-8(17)10-9(4-7)24-12(11(10)18)13(21)20-2-1-15(5-20)6-23-14(22)19-15/h3-4H,1-2,5-6H2,(H,19,22). The minimum atomic E-state index is -0.489. The summed E-state index contributed by atoms with van der Waals surface area (Å²) in [5.74, 6) is -0.175. The molecule has 1 atom stereocenters. The molecular formula is C15H11Cl3N2O3S. The van der Waals surface area contributed by atoms with Crippen molar-refractivity contribution >= 4 is 68.2 Å². The highest BCUT2D eigenvalue weighted by Gasteiger charge is 2.46. The molecule has 2 saturated heterocycles. The van der Waals surface area contributed by atoms with Crippen molar-refractivity contribution in [1.82, 2.24) is 10.2 Å². The van der Waals surface area contributed by atoms with Crippen molar-refractivity contribution in [3.63, 3.8) is 0 Å². The summed E-state index contributed by atoms with van der Waals surface area (Å²) >= 11 is 19.9. The summed E-state index contributed by atoms with van der Waals surface area (Å²) in [4.78, 5) is 26.3. The van der Waals surface area contributed by atoms with Crippen LogP contribution in [0.15, 0.2) is 12.1 Å². The number of nitrogens with one attached hydrogen (secondary N) is 1. The molecule has 2 aromatic rings. The number of benzene rings is 1. The first-order chi connectivity index (χ1) is 11.4. The fraction of sp³-hybridized carbons (Fsp3) is 0.333. The number of hydrogen-bond acceptors (Lipinski definition) is 4. The molecule has 0 saturated carbocycles. The molecule has 1 aromatic carbocycles. The Labute approximate surface area is 156 Å². The Hall–Kier alpha value is -1.21. The van der Waals surface area contributed by atoms with E-state index in [-0.39, 0.29) is 12.5 Å². The molecule has 2 aliphatic rings. The highest BCUT2D eigenvalue weighted by atomic mass is 35.5. The molecular weight excluding hydrogens is 395 g/mol. The third-order valence-corrected chi connectivity index (χ3v) is 6.46. The lowest BCUT2D eigenvalue weighted by molar-refractivity contribution is 0.0785. The van der Waals surface area contributed by atoms with Crippen LogP contribution in [0, 0.1) is 0 Å². The van der Waals surface area contributed by atoms with Gasteiger partial charge in [-0.05, 0) is 18.6 Å². The van der Waals surface area contributed by atoms with Crippen molar-refractivity contribution in [2.24, 2.45) is 0 Å². The maximum atomic E-state index is 12.9. The largest absolute Gasteiger partial charge is 0.447 e. The number of alkyl carbamates (subject to hydrolysis) is 1. The molecule has 2 fully saturated rings. The Morgan fingerprint density at radius 1 is 1.33 bits per heavy atom. The van der Waals surface area contributed by atoms with Gasteiger partial charge in [0.2, 0.25) is 0 Å². The summed E-state index contributed by atoms with van der Waals surface area (Å²) in [6.07, 6.45) is 0.213. The number of amides is 2. The molecule has 126 valence electrons. The quantitative estimate of drug-likeness (QED) is 0.774. The monoisotopic (exact) mass is 404 g/mol. The van der Waals surface area contributed by atoms with Gasteiger partial charge in [0, 0.05) is 28.2 Å². The smallest absolute Gasteiger partial charge is 0.407 e. The minimum absolute atomic E-state index is 0.175. The molecule has 1 unspecified atom stereocenters. The molecule has 5 nitrogen and oxygen atoms in total. The predicted octanol–water partition coefficient (Wildman–Crippen LogP) is 4.19. The molecule has 1 spiro atoms. The Morgan fingerprint density at radius 3 is 2.83 bits per heavy atom. The Kier molecular flexibility index (Phi) is 3.84. The Morgan fingerprint density at radius 2 is 2.12 bits per heavy atom. The number of likely N-dealkylation sites (tertiary alicyclic amines) is 1. The summed E-state index contributed by atoms with van der Waals surface area (Å²) in [6.45, 7) is 1.20. The minimum Gasteiger partial charge on any atom is -0.447 e. The van der Waals surface area contributed by atoms with Crippen LogP contribution in [0.5, 0.6) is 0 Å². The first-order valence-corrected chi connectivity index (χ1v) is 9.15. The summed E-state index contributed by atoms with van der Waals surface area (Å²) in [5, 5.41) is 4.70. The van der Waals surface area contributed by atoms with Gasteiger partial charge in [-0.3, -0.25) is 4.79 Å². The fourth-order valence-corrected chi connectivity index (χ4v) is 5.49. The number of halogens is 3. The number of carbonyl (C=O) groups excluding carboxylic acids is 2. The zero-order chi connectivity index (χ0) is 17.1. The lowest BCUT2D eigenvalue weighted by atomic mass is 10.0. The maximum absolute atomic E-state index is 12.9. The van der Waals surface area contributed by atoms with E-state index in [2.05, 4.69) is 5.32 Å². The van der Waals surface area contributed by atoms with E-state index in [1.807, 2.05) is 0 Å². The van der Waals surface area contributed by atoms with Crippen LogP contribution in [-0.2, 0) is 4.74 Å². The first kappa shape index (κ1) is 16.3. The van der Waals surface area contributed by atoms with E-state index in [9.17, 15) is 9.59 Å². The molecule has 9 heteroatoms. The number of nitrogens with zero attached hydrogens (tertiary/aromatic N) is 1. The number of hydrogen-bond donors (Lipinski definition) is 1. The molecule has 1 aromatic heterocycles. The average Bonchev–Trinajstić information content (AvgIpc) is 3.18. The number of fused-ring (bicyclic) bond motifs is 1. The highest BCUT2D eigenvalue weighted by Crippen LogP contribution is 2.42. The molecule has 0 radical (unpaired) electrons. The van der Waals surface area contributed by atoms with E-state index in [1.54, 1.807) is 17.0 Å². The van der Waals surface area contributed by atoms with Crippen LogP contribution < -0.4 is 5.32 Å². The Bertz CT molecular complexity index is 884. The summed E-state index contributed by atoms with van der Waals surface area (Å²) in [6, 6.07) is 3.35. The molecule has 3 heterocycles. The molecule has 0 aliphatic carbocycles. The normalized spacial score (nSPS) is 23.1. The van der Waals surface area contributed by atoms with Crippen LogP contribution in [0.1, 0.15) is 16.1 Å². The number of carbonyl (C=O) groups is 2. The summed E-state index contributed by atoms with van der Waals surface area (Å²) in [7, 11) is 0. The maximum Gasteiger partial charge on any atom is 0.407 e. The number of rotatable bonds is 1. The van der Waals surface area contributed by atoms with E-state index < -0.39 is 11.6 Å². The lowest BCUT2D eigenvalue weighted by Gasteiger charge is -2.21. The second kappa shape index (κ2) is 5.66. The van der Waals surface area contributed by atoms with Gasteiger partial charge < -0.3 is 15.0 Å². The van der Waals surface area contributed by atoms with Crippen molar-refractivity contribution in [3.05, 3.63) is 32.1 Å². The Balaban J connectivity index is 1.66. The van der Waals surface area contributed by atoms with E-state index in [4.69, 9.17) is 39.5 Å². The van der Waals surface area contributed by atoms with Gasteiger partial charge in [-0.25, -0.2) is 4.79 Å². The second-order valence-corrected chi connectivity index (χ2v) is 8.24. The van der Waals surface area contributed by atoms with Gasteiger partial charge in [0.25, 0.3) is 5.91 Å². The average molecular weight is 406 g/mol. The van der Waals surface area contributed by atoms with Gasteiger partial charge >= 0.3 is 6.09 Å². The van der Waals surface area contributed by atoms with Crippen LogP contribution in [0.4, 0.5) is 4.79 Å². The fourth-order valence-electron chi connectivity index (χ4n) is 3.15. The molecule has 1 N–H and O–H groups in total. The molecule has 2 amide bonds. The van der Waals surface area contributed by atoms with Gasteiger partial charge in [-0.2, -0.15) is 0 Å². The van der Waals surface area contributed by atoms with Crippen LogP contribution in [0.25, 0.3) is 10.1 Å². The van der Waals surface area contributed by atoms with Gasteiger partial charge in [0.05, 0.1) is 15.6 Å². The van der Waals surface area contributed by atoms with Crippen molar-refractivity contribution in [2.75, 3.05) is 19.7 Å². The third-order valence-electron chi connectivity index (χ3n) is 4.33. The molecule has 4 rings (SSSR count). The number of ether oxygens (including phenoxy) is 1. The molecule has 24 heavy (non-hydrogen) atoms. The van der Waals surface area contributed by atoms with E-state index in [0.29, 0.717) is 44.8 Å². The van der Waals surface area contributed by atoms with Crippen molar-refractivity contribution in [1.29, 1.82) is 0 Å². The van der Waals surface area contributed by atoms with Gasteiger partial charge in [0.15, 0.2) is 0 Å². The third kappa shape index (κ3) is 2.52. The van der Waals surface area contributed by atoms with Gasteiger partial charge in [-0.1, -0.05) is 34.8 Å². The van der Waals surface area contributed by atoms with Crippen LogP contribution in [0.2, 0.25) is 15.1 Å². The van der Waals surface area contributed by atoms with Crippen LogP contribution in [0.3, 0.4) is 0 Å². The topological polar surface area (TPSA) is 58.6 Å². The number of cyclic esters (lactones) is 1. The van der Waals surface area contributed by atoms with Crippen LogP contribution in [-0.4, -0.2) is 42.1 Å². The zero-order valence-corrected chi connectivity index (χ0v) is 15.3. The predicted molar refractivity (Wildman–Crippen MR) is 94.6 cm³/mol. The highest BCUT2D eigenvalue weighted by molar-refractivity contribution is 7.21. The SMILES string of the molecule is O=C1NC2(CCN(C(=O)c3sc4cc(Cl)cc(Cl)c4c3Cl)C2)CO1. The summed E-state index contributed by atoms with van der Waals surface area (Å²) in [5.41, 5.74) is -0.489. The van der Waals surface area contributed by atoms with Crippen molar-refractivity contribution in [3.8, 4) is 0 Å².